The maximum atomic E-state index is 9.66. The van der Waals surface area contributed by atoms with E-state index >= 15 is 0 Å². The molecule has 94 valence electrons. The SMILES string of the molecule is N#CC1(NC2CCCCC2)CN2CCC1CC2. The number of rotatable bonds is 2. The van der Waals surface area contributed by atoms with Crippen LogP contribution < -0.4 is 5.32 Å². The predicted molar refractivity (Wildman–Crippen MR) is 67.5 cm³/mol. The Hall–Kier alpha value is -0.590. The number of hydrogen-bond acceptors (Lipinski definition) is 3. The zero-order valence-electron chi connectivity index (χ0n) is 10.6. The molecule has 1 N–H and O–H groups in total. The van der Waals surface area contributed by atoms with Gasteiger partial charge in [-0.1, -0.05) is 19.3 Å². The normalized spacial score (nSPS) is 42.3. The van der Waals surface area contributed by atoms with E-state index in [0.717, 1.165) is 6.54 Å². The maximum absolute atomic E-state index is 9.66. The van der Waals surface area contributed by atoms with Crippen molar-refractivity contribution in [3.8, 4) is 6.07 Å². The quantitative estimate of drug-likeness (QED) is 0.791. The summed E-state index contributed by atoms with van der Waals surface area (Å²) in [6, 6.07) is 3.24. The summed E-state index contributed by atoms with van der Waals surface area (Å²) in [5.74, 6) is 0.597. The van der Waals surface area contributed by atoms with Crippen LogP contribution in [0.25, 0.3) is 0 Å². The highest BCUT2D eigenvalue weighted by Crippen LogP contribution is 2.36. The lowest BCUT2D eigenvalue weighted by Crippen LogP contribution is -2.67. The number of hydrogen-bond donors (Lipinski definition) is 1. The Bertz CT molecular complexity index is 308. The third-order valence-corrected chi connectivity index (χ3v) is 5.02. The van der Waals surface area contributed by atoms with Crippen molar-refractivity contribution in [3.05, 3.63) is 0 Å². The third kappa shape index (κ3) is 2.09. The van der Waals surface area contributed by atoms with Gasteiger partial charge in [-0.2, -0.15) is 5.26 Å². The monoisotopic (exact) mass is 233 g/mol. The van der Waals surface area contributed by atoms with Crippen LogP contribution in [-0.4, -0.2) is 36.1 Å². The van der Waals surface area contributed by atoms with E-state index < -0.39 is 0 Å². The Morgan fingerprint density at radius 3 is 2.29 bits per heavy atom. The summed E-state index contributed by atoms with van der Waals surface area (Å²) < 4.78 is 0. The fraction of sp³-hybridized carbons (Fsp3) is 0.929. The molecule has 0 amide bonds. The van der Waals surface area contributed by atoms with Gasteiger partial charge in [0, 0.05) is 12.6 Å². The molecule has 4 rings (SSSR count). The van der Waals surface area contributed by atoms with Gasteiger partial charge in [0.1, 0.15) is 5.54 Å². The van der Waals surface area contributed by atoms with Crippen molar-refractivity contribution in [2.75, 3.05) is 19.6 Å². The molecule has 0 aromatic heterocycles. The standard InChI is InChI=1S/C14H23N3/c15-10-14(16-13-4-2-1-3-5-13)11-17-8-6-12(14)7-9-17/h12-13,16H,1-9,11H2. The van der Waals surface area contributed by atoms with E-state index in [9.17, 15) is 5.26 Å². The molecule has 1 atom stereocenters. The van der Waals surface area contributed by atoms with Gasteiger partial charge in [0.25, 0.3) is 0 Å². The molecular formula is C14H23N3. The van der Waals surface area contributed by atoms with Gasteiger partial charge in [-0.3, -0.25) is 5.32 Å². The molecule has 3 aliphatic heterocycles. The molecule has 1 unspecified atom stereocenters. The minimum Gasteiger partial charge on any atom is -0.300 e. The van der Waals surface area contributed by atoms with Crippen molar-refractivity contribution in [1.29, 1.82) is 5.26 Å². The summed E-state index contributed by atoms with van der Waals surface area (Å²) in [7, 11) is 0. The van der Waals surface area contributed by atoms with Crippen molar-refractivity contribution in [1.82, 2.24) is 10.2 Å². The minimum atomic E-state index is -0.224. The Balaban J connectivity index is 1.71. The van der Waals surface area contributed by atoms with Crippen LogP contribution in [0, 0.1) is 17.2 Å². The van der Waals surface area contributed by atoms with Crippen molar-refractivity contribution < 1.29 is 0 Å². The average Bonchev–Trinajstić information content (AvgIpc) is 2.41. The molecular weight excluding hydrogens is 210 g/mol. The lowest BCUT2D eigenvalue weighted by atomic mass is 9.73. The molecule has 3 saturated heterocycles. The Labute approximate surface area is 104 Å². The molecule has 3 heterocycles. The van der Waals surface area contributed by atoms with Gasteiger partial charge in [0.05, 0.1) is 6.07 Å². The summed E-state index contributed by atoms with van der Waals surface area (Å²) in [6.07, 6.45) is 9.04. The number of piperidine rings is 3. The Kier molecular flexibility index (Phi) is 3.10. The van der Waals surface area contributed by atoms with Crippen molar-refractivity contribution in [2.24, 2.45) is 5.92 Å². The van der Waals surface area contributed by atoms with Gasteiger partial charge in [0.2, 0.25) is 0 Å². The number of nitrogens with one attached hydrogen (secondary N) is 1. The van der Waals surface area contributed by atoms with E-state index in [1.165, 1.54) is 58.0 Å². The van der Waals surface area contributed by atoms with Gasteiger partial charge >= 0.3 is 0 Å². The van der Waals surface area contributed by atoms with Gasteiger partial charge in [0.15, 0.2) is 0 Å². The Morgan fingerprint density at radius 2 is 1.76 bits per heavy atom. The van der Waals surface area contributed by atoms with Crippen LogP contribution in [0.2, 0.25) is 0 Å². The molecule has 3 heteroatoms. The first kappa shape index (κ1) is 11.5. The van der Waals surface area contributed by atoms with Crippen LogP contribution in [-0.2, 0) is 0 Å². The molecule has 1 aliphatic carbocycles. The number of nitriles is 1. The van der Waals surface area contributed by atoms with Gasteiger partial charge < -0.3 is 4.90 Å². The van der Waals surface area contributed by atoms with Crippen LogP contribution in [0.15, 0.2) is 0 Å². The summed E-state index contributed by atoms with van der Waals surface area (Å²) in [5.41, 5.74) is -0.224. The summed E-state index contributed by atoms with van der Waals surface area (Å²) in [4.78, 5) is 2.47. The molecule has 0 spiro atoms. The number of nitrogens with zero attached hydrogens (tertiary/aromatic N) is 2. The van der Waals surface area contributed by atoms with Crippen molar-refractivity contribution >= 4 is 0 Å². The molecule has 17 heavy (non-hydrogen) atoms. The van der Waals surface area contributed by atoms with Crippen LogP contribution in [0.1, 0.15) is 44.9 Å². The molecule has 4 fully saturated rings. The molecule has 0 aromatic carbocycles. The highest BCUT2D eigenvalue weighted by molar-refractivity contribution is 5.17. The highest BCUT2D eigenvalue weighted by atomic mass is 15.2. The fourth-order valence-corrected chi connectivity index (χ4v) is 4.00. The van der Waals surface area contributed by atoms with Gasteiger partial charge in [-0.05, 0) is 44.7 Å². The van der Waals surface area contributed by atoms with E-state index in [4.69, 9.17) is 0 Å². The summed E-state index contributed by atoms with van der Waals surface area (Å²) in [6.45, 7) is 3.38. The third-order valence-electron chi connectivity index (χ3n) is 5.02. The van der Waals surface area contributed by atoms with Crippen LogP contribution >= 0.6 is 0 Å². The Morgan fingerprint density at radius 1 is 1.06 bits per heavy atom. The molecule has 0 aromatic rings. The first-order valence-corrected chi connectivity index (χ1v) is 7.24. The first-order valence-electron chi connectivity index (χ1n) is 7.24. The molecule has 0 radical (unpaired) electrons. The molecule has 1 saturated carbocycles. The predicted octanol–water partition coefficient (Wildman–Crippen LogP) is 1.90. The molecule has 3 nitrogen and oxygen atoms in total. The van der Waals surface area contributed by atoms with Crippen LogP contribution in [0.4, 0.5) is 0 Å². The number of fused-ring (bicyclic) bond motifs is 3. The van der Waals surface area contributed by atoms with Gasteiger partial charge in [-0.15, -0.1) is 0 Å². The summed E-state index contributed by atoms with van der Waals surface area (Å²) >= 11 is 0. The van der Waals surface area contributed by atoms with Crippen LogP contribution in [0.3, 0.4) is 0 Å². The minimum absolute atomic E-state index is 0.224. The molecule has 4 aliphatic rings. The topological polar surface area (TPSA) is 39.1 Å². The zero-order chi connectivity index (χ0) is 11.7. The average molecular weight is 233 g/mol. The second kappa shape index (κ2) is 4.59. The second-order valence-electron chi connectivity index (χ2n) is 6.11. The lowest BCUT2D eigenvalue weighted by molar-refractivity contribution is 0.0277. The van der Waals surface area contributed by atoms with Gasteiger partial charge in [-0.25, -0.2) is 0 Å². The van der Waals surface area contributed by atoms with Crippen LogP contribution in [0.5, 0.6) is 0 Å². The van der Waals surface area contributed by atoms with E-state index in [0.29, 0.717) is 12.0 Å². The maximum Gasteiger partial charge on any atom is 0.122 e. The zero-order valence-corrected chi connectivity index (χ0v) is 10.6. The van der Waals surface area contributed by atoms with E-state index in [-0.39, 0.29) is 5.54 Å². The van der Waals surface area contributed by atoms with E-state index in [1.54, 1.807) is 0 Å². The second-order valence-corrected chi connectivity index (χ2v) is 6.11. The van der Waals surface area contributed by atoms with E-state index in [2.05, 4.69) is 16.3 Å². The highest BCUT2D eigenvalue weighted by Gasteiger charge is 2.47. The smallest absolute Gasteiger partial charge is 0.122 e. The van der Waals surface area contributed by atoms with E-state index in [1.807, 2.05) is 0 Å². The summed E-state index contributed by atoms with van der Waals surface area (Å²) in [5, 5.41) is 13.4. The lowest BCUT2D eigenvalue weighted by Gasteiger charge is -2.51. The first-order chi connectivity index (χ1) is 8.32. The largest absolute Gasteiger partial charge is 0.300 e. The fourth-order valence-electron chi connectivity index (χ4n) is 4.00. The van der Waals surface area contributed by atoms with Crippen molar-refractivity contribution in [2.45, 2.75) is 56.5 Å². The molecule has 2 bridgehead atoms. The van der Waals surface area contributed by atoms with Crippen molar-refractivity contribution in [3.63, 3.8) is 0 Å².